The number of rotatable bonds is 7. The van der Waals surface area contributed by atoms with Gasteiger partial charge in [0.05, 0.1) is 25.3 Å². The second-order valence-electron chi connectivity index (χ2n) is 4.48. The highest BCUT2D eigenvalue weighted by Crippen LogP contribution is 2.38. The van der Waals surface area contributed by atoms with Crippen LogP contribution in [0.15, 0.2) is 12.1 Å². The predicted octanol–water partition coefficient (Wildman–Crippen LogP) is 2.57. The standard InChI is InChI=1S/C13H18ClNO3/c1-16-13-11(14)6-10(4-5-18-15)7-12(13)17-8-9-2-3-9/h6-7,9H,2-5,8,15H2,1H3. The number of ether oxygens (including phenoxy) is 2. The minimum atomic E-state index is 0.449. The minimum Gasteiger partial charge on any atom is -0.491 e. The van der Waals surface area contributed by atoms with Gasteiger partial charge in [-0.05, 0) is 42.9 Å². The topological polar surface area (TPSA) is 53.7 Å². The third kappa shape index (κ3) is 3.51. The van der Waals surface area contributed by atoms with E-state index in [1.54, 1.807) is 7.11 Å². The molecule has 0 aliphatic heterocycles. The summed E-state index contributed by atoms with van der Waals surface area (Å²) in [5.41, 5.74) is 1.03. The van der Waals surface area contributed by atoms with Crippen molar-refractivity contribution in [2.45, 2.75) is 19.3 Å². The first-order valence-corrected chi connectivity index (χ1v) is 6.43. The van der Waals surface area contributed by atoms with Gasteiger partial charge in [-0.2, -0.15) is 0 Å². The molecule has 0 unspecified atom stereocenters. The van der Waals surface area contributed by atoms with Crippen LogP contribution in [0.3, 0.4) is 0 Å². The third-order valence-corrected chi connectivity index (χ3v) is 3.23. The summed E-state index contributed by atoms with van der Waals surface area (Å²) in [6, 6.07) is 3.79. The Balaban J connectivity index is 2.12. The largest absolute Gasteiger partial charge is 0.491 e. The van der Waals surface area contributed by atoms with Gasteiger partial charge in [0, 0.05) is 0 Å². The summed E-state index contributed by atoms with van der Waals surface area (Å²) in [4.78, 5) is 4.58. The number of methoxy groups -OCH3 is 1. The van der Waals surface area contributed by atoms with Gasteiger partial charge in [0.25, 0.3) is 0 Å². The lowest BCUT2D eigenvalue weighted by atomic mass is 10.1. The Bertz CT molecular complexity index is 407. The zero-order chi connectivity index (χ0) is 13.0. The highest BCUT2D eigenvalue weighted by atomic mass is 35.5. The van der Waals surface area contributed by atoms with E-state index in [0.29, 0.717) is 35.5 Å². The van der Waals surface area contributed by atoms with Crippen molar-refractivity contribution in [3.63, 3.8) is 0 Å². The first kappa shape index (κ1) is 13.5. The van der Waals surface area contributed by atoms with Crippen molar-refractivity contribution < 1.29 is 14.3 Å². The van der Waals surface area contributed by atoms with Crippen LogP contribution in [-0.2, 0) is 11.3 Å². The van der Waals surface area contributed by atoms with E-state index < -0.39 is 0 Å². The molecule has 0 atom stereocenters. The molecule has 5 heteroatoms. The Hall–Kier alpha value is -0.970. The van der Waals surface area contributed by atoms with E-state index in [4.69, 9.17) is 27.0 Å². The Morgan fingerprint density at radius 2 is 2.17 bits per heavy atom. The SMILES string of the molecule is COc1c(Cl)cc(CCON)cc1OCC1CC1. The molecule has 2 N–H and O–H groups in total. The van der Waals surface area contributed by atoms with Crippen LogP contribution in [0, 0.1) is 5.92 Å². The van der Waals surface area contributed by atoms with Crippen molar-refractivity contribution in [3.05, 3.63) is 22.7 Å². The van der Waals surface area contributed by atoms with E-state index >= 15 is 0 Å². The molecule has 0 saturated heterocycles. The van der Waals surface area contributed by atoms with E-state index in [9.17, 15) is 0 Å². The zero-order valence-corrected chi connectivity index (χ0v) is 11.2. The predicted molar refractivity (Wildman–Crippen MR) is 70.1 cm³/mol. The van der Waals surface area contributed by atoms with Crippen molar-refractivity contribution in [1.82, 2.24) is 0 Å². The number of benzene rings is 1. The zero-order valence-electron chi connectivity index (χ0n) is 10.4. The molecule has 0 amide bonds. The Labute approximate surface area is 112 Å². The smallest absolute Gasteiger partial charge is 0.179 e. The van der Waals surface area contributed by atoms with E-state index in [2.05, 4.69) is 4.84 Å². The van der Waals surface area contributed by atoms with Gasteiger partial charge in [-0.1, -0.05) is 11.6 Å². The molecule has 1 aliphatic carbocycles. The van der Waals surface area contributed by atoms with Gasteiger partial charge in [0.15, 0.2) is 11.5 Å². The van der Waals surface area contributed by atoms with Crippen LogP contribution >= 0.6 is 11.6 Å². The molecule has 1 aliphatic rings. The molecule has 0 aromatic heterocycles. The van der Waals surface area contributed by atoms with Crippen LogP contribution in [0.5, 0.6) is 11.5 Å². The molecule has 0 spiro atoms. The van der Waals surface area contributed by atoms with Gasteiger partial charge in [0.1, 0.15) is 0 Å². The molecule has 1 saturated carbocycles. The third-order valence-electron chi connectivity index (χ3n) is 2.95. The quantitative estimate of drug-likeness (QED) is 0.775. The number of halogens is 1. The van der Waals surface area contributed by atoms with Crippen LogP contribution in [-0.4, -0.2) is 20.3 Å². The summed E-state index contributed by atoms with van der Waals surface area (Å²) in [5, 5.41) is 0.554. The van der Waals surface area contributed by atoms with E-state index in [-0.39, 0.29) is 0 Å². The first-order valence-electron chi connectivity index (χ1n) is 6.05. The second kappa shape index (κ2) is 6.27. The van der Waals surface area contributed by atoms with Crippen molar-refractivity contribution >= 4 is 11.6 Å². The number of hydrogen-bond donors (Lipinski definition) is 1. The summed E-state index contributed by atoms with van der Waals surface area (Å²) >= 11 is 6.17. The molecule has 4 nitrogen and oxygen atoms in total. The van der Waals surface area contributed by atoms with Gasteiger partial charge in [0.2, 0.25) is 0 Å². The Morgan fingerprint density at radius 3 is 2.78 bits per heavy atom. The van der Waals surface area contributed by atoms with Crippen LogP contribution < -0.4 is 15.4 Å². The molecule has 18 heavy (non-hydrogen) atoms. The molecule has 1 aromatic rings. The van der Waals surface area contributed by atoms with E-state index in [1.165, 1.54) is 12.8 Å². The van der Waals surface area contributed by atoms with E-state index in [1.807, 2.05) is 12.1 Å². The molecule has 0 radical (unpaired) electrons. The monoisotopic (exact) mass is 271 g/mol. The van der Waals surface area contributed by atoms with Crippen LogP contribution in [0.4, 0.5) is 0 Å². The number of hydrogen-bond acceptors (Lipinski definition) is 4. The fraction of sp³-hybridized carbons (Fsp3) is 0.538. The lowest BCUT2D eigenvalue weighted by Crippen LogP contribution is -2.05. The summed E-state index contributed by atoms with van der Waals surface area (Å²) < 4.78 is 11.0. The first-order chi connectivity index (χ1) is 8.74. The fourth-order valence-electron chi connectivity index (χ4n) is 1.74. The second-order valence-corrected chi connectivity index (χ2v) is 4.89. The van der Waals surface area contributed by atoms with Crippen LogP contribution in [0.1, 0.15) is 18.4 Å². The fourth-order valence-corrected chi connectivity index (χ4v) is 2.05. The highest BCUT2D eigenvalue weighted by molar-refractivity contribution is 6.32. The molecule has 2 rings (SSSR count). The molecular weight excluding hydrogens is 254 g/mol. The van der Waals surface area contributed by atoms with Gasteiger partial charge in [-0.15, -0.1) is 0 Å². The maximum absolute atomic E-state index is 6.17. The molecule has 0 bridgehead atoms. The van der Waals surface area contributed by atoms with Crippen molar-refractivity contribution in [2.24, 2.45) is 11.8 Å². The Morgan fingerprint density at radius 1 is 1.39 bits per heavy atom. The number of nitrogens with two attached hydrogens (primary N) is 1. The lowest BCUT2D eigenvalue weighted by Gasteiger charge is -2.13. The average Bonchev–Trinajstić information content (AvgIpc) is 3.17. The van der Waals surface area contributed by atoms with Crippen LogP contribution in [0.2, 0.25) is 5.02 Å². The molecular formula is C13H18ClNO3. The summed E-state index contributed by atoms with van der Waals surface area (Å²) in [6.45, 7) is 1.17. The van der Waals surface area contributed by atoms with E-state index in [0.717, 1.165) is 12.2 Å². The molecule has 1 fully saturated rings. The van der Waals surface area contributed by atoms with Gasteiger partial charge < -0.3 is 14.3 Å². The van der Waals surface area contributed by atoms with Crippen LogP contribution in [0.25, 0.3) is 0 Å². The van der Waals surface area contributed by atoms with Gasteiger partial charge in [-0.3, -0.25) is 0 Å². The molecule has 1 aromatic carbocycles. The molecule has 100 valence electrons. The van der Waals surface area contributed by atoms with Gasteiger partial charge in [-0.25, -0.2) is 5.90 Å². The van der Waals surface area contributed by atoms with Crippen molar-refractivity contribution in [3.8, 4) is 11.5 Å². The maximum Gasteiger partial charge on any atom is 0.179 e. The van der Waals surface area contributed by atoms with Crippen molar-refractivity contribution in [1.29, 1.82) is 0 Å². The van der Waals surface area contributed by atoms with Crippen molar-refractivity contribution in [2.75, 3.05) is 20.3 Å². The lowest BCUT2D eigenvalue weighted by molar-refractivity contribution is 0.141. The summed E-state index contributed by atoms with van der Waals surface area (Å²) in [6.07, 6.45) is 3.19. The maximum atomic E-state index is 6.17. The normalized spacial score (nSPS) is 14.6. The summed E-state index contributed by atoms with van der Waals surface area (Å²) in [5.74, 6) is 7.00. The molecule has 0 heterocycles. The van der Waals surface area contributed by atoms with Gasteiger partial charge >= 0.3 is 0 Å². The summed E-state index contributed by atoms with van der Waals surface area (Å²) in [7, 11) is 1.59. The minimum absolute atomic E-state index is 0.449. The average molecular weight is 272 g/mol. The Kier molecular flexibility index (Phi) is 4.69. The highest BCUT2D eigenvalue weighted by Gasteiger charge is 2.23.